The number of hydrogen-bond acceptors (Lipinski definition) is 4. The Balaban J connectivity index is 0.00000218. The second kappa shape index (κ2) is 7.07. The number of para-hydroxylation sites is 2. The number of benzene rings is 3. The van der Waals surface area contributed by atoms with Gasteiger partial charge in [0, 0.05) is 22.5 Å². The molecular formula is C23H20N2O5. The lowest BCUT2D eigenvalue weighted by Gasteiger charge is -2.39. The number of nitrogens with one attached hydrogen (secondary N) is 2. The quantitative estimate of drug-likeness (QED) is 0.617. The lowest BCUT2D eigenvalue weighted by atomic mass is 9.74. The molecule has 30 heavy (non-hydrogen) atoms. The van der Waals surface area contributed by atoms with Crippen molar-refractivity contribution in [2.24, 2.45) is 0 Å². The summed E-state index contributed by atoms with van der Waals surface area (Å²) in [5.41, 5.74) is -1.64. The second-order valence-electron chi connectivity index (χ2n) is 7.17. The molecular weight excluding hydrogens is 384 g/mol. The van der Waals surface area contributed by atoms with E-state index in [9.17, 15) is 14.7 Å². The van der Waals surface area contributed by atoms with Gasteiger partial charge in [-0.15, -0.1) is 0 Å². The highest BCUT2D eigenvalue weighted by molar-refractivity contribution is 6.15. The molecule has 7 nitrogen and oxygen atoms in total. The van der Waals surface area contributed by atoms with Crippen LogP contribution in [0.5, 0.6) is 0 Å². The van der Waals surface area contributed by atoms with Crippen LogP contribution in [0.3, 0.4) is 0 Å². The lowest BCUT2D eigenvalue weighted by molar-refractivity contribution is -0.199. The van der Waals surface area contributed by atoms with E-state index in [0.717, 1.165) is 5.56 Å². The monoisotopic (exact) mass is 404 g/mol. The topological polar surface area (TPSA) is 119 Å². The van der Waals surface area contributed by atoms with Gasteiger partial charge in [0.2, 0.25) is 11.2 Å². The Morgan fingerprint density at radius 1 is 0.733 bits per heavy atom. The Hall–Kier alpha value is -3.52. The zero-order valence-corrected chi connectivity index (χ0v) is 15.9. The van der Waals surface area contributed by atoms with Crippen molar-refractivity contribution >= 4 is 23.2 Å². The number of amides is 2. The largest absolute Gasteiger partial charge is 0.412 e. The van der Waals surface area contributed by atoms with E-state index < -0.39 is 23.0 Å². The van der Waals surface area contributed by atoms with Gasteiger partial charge in [-0.05, 0) is 17.7 Å². The first-order chi connectivity index (χ1) is 14.1. The number of aliphatic hydroxyl groups is 1. The van der Waals surface area contributed by atoms with Crippen LogP contribution in [-0.4, -0.2) is 22.4 Å². The molecule has 2 aliphatic heterocycles. The molecule has 2 atom stereocenters. The van der Waals surface area contributed by atoms with E-state index in [1.807, 2.05) is 30.3 Å². The first-order valence-electron chi connectivity index (χ1n) is 9.29. The molecule has 2 heterocycles. The van der Waals surface area contributed by atoms with Crippen LogP contribution >= 0.6 is 0 Å². The van der Waals surface area contributed by atoms with E-state index in [1.165, 1.54) is 0 Å². The van der Waals surface area contributed by atoms with Crippen LogP contribution in [-0.2, 0) is 32.1 Å². The average molecular weight is 404 g/mol. The zero-order valence-electron chi connectivity index (χ0n) is 15.9. The van der Waals surface area contributed by atoms with Crippen LogP contribution in [0.4, 0.5) is 11.4 Å². The van der Waals surface area contributed by atoms with Gasteiger partial charge in [0.05, 0.1) is 6.61 Å². The van der Waals surface area contributed by atoms with Crippen molar-refractivity contribution in [1.82, 2.24) is 0 Å². The van der Waals surface area contributed by atoms with Gasteiger partial charge in [0.25, 0.3) is 11.8 Å². The third-order valence-corrected chi connectivity index (χ3v) is 5.58. The molecule has 3 aromatic rings. The molecule has 0 saturated heterocycles. The van der Waals surface area contributed by atoms with Gasteiger partial charge >= 0.3 is 0 Å². The molecule has 152 valence electrons. The van der Waals surface area contributed by atoms with Crippen LogP contribution in [0.2, 0.25) is 0 Å². The van der Waals surface area contributed by atoms with E-state index in [4.69, 9.17) is 4.74 Å². The summed E-state index contributed by atoms with van der Waals surface area (Å²) in [5.74, 6) is -1.28. The maximum Gasteiger partial charge on any atom is 0.265 e. The highest BCUT2D eigenvalue weighted by Gasteiger charge is 2.69. The minimum atomic E-state index is -2.23. The van der Waals surface area contributed by atoms with Gasteiger partial charge in [-0.2, -0.15) is 0 Å². The molecule has 5 N–H and O–H groups in total. The molecule has 0 fully saturated rings. The van der Waals surface area contributed by atoms with Crippen molar-refractivity contribution in [1.29, 1.82) is 0 Å². The maximum absolute atomic E-state index is 13.3. The molecule has 0 saturated carbocycles. The number of carbonyl (C=O) groups is 2. The number of anilines is 2. The molecule has 3 aromatic carbocycles. The molecule has 0 bridgehead atoms. The number of ether oxygens (including phenoxy) is 1. The Labute approximate surface area is 172 Å². The van der Waals surface area contributed by atoms with Crippen molar-refractivity contribution in [3.05, 3.63) is 95.6 Å². The van der Waals surface area contributed by atoms with Gasteiger partial charge < -0.3 is 26.0 Å². The third-order valence-electron chi connectivity index (χ3n) is 5.58. The number of rotatable bonds is 4. The first kappa shape index (κ1) is 19.8. The predicted molar refractivity (Wildman–Crippen MR) is 111 cm³/mol. The fourth-order valence-corrected chi connectivity index (χ4v) is 4.20. The zero-order chi connectivity index (χ0) is 20.1. The summed E-state index contributed by atoms with van der Waals surface area (Å²) >= 11 is 0. The molecule has 0 radical (unpaired) electrons. The standard InChI is InChI=1S/C23H18N2O4.H2O/c26-20-22(28,16-10-4-6-12-18(16)24-20)23(29-14-15-8-2-1-3-9-15)17-11-5-7-13-19(17)25-21(23)27;/h1-13,28H,14H2,(H,24,26)(H,25,27);1H2/t22-,23+;/m0./s1. The molecule has 2 aliphatic rings. The summed E-state index contributed by atoms with van der Waals surface area (Å²) in [6, 6.07) is 23.1. The average Bonchev–Trinajstić information content (AvgIpc) is 3.19. The van der Waals surface area contributed by atoms with Crippen LogP contribution in [0.25, 0.3) is 0 Å². The first-order valence-corrected chi connectivity index (χ1v) is 9.29. The van der Waals surface area contributed by atoms with E-state index in [2.05, 4.69) is 10.6 Å². The summed E-state index contributed by atoms with van der Waals surface area (Å²) in [7, 11) is 0. The summed E-state index contributed by atoms with van der Waals surface area (Å²) in [5, 5.41) is 17.3. The van der Waals surface area contributed by atoms with E-state index in [0.29, 0.717) is 22.5 Å². The van der Waals surface area contributed by atoms with E-state index >= 15 is 0 Å². The van der Waals surface area contributed by atoms with Gasteiger partial charge in [-0.3, -0.25) is 9.59 Å². The van der Waals surface area contributed by atoms with Crippen molar-refractivity contribution in [3.8, 4) is 0 Å². The van der Waals surface area contributed by atoms with Crippen LogP contribution in [0, 0.1) is 0 Å². The van der Waals surface area contributed by atoms with Crippen molar-refractivity contribution in [3.63, 3.8) is 0 Å². The molecule has 0 aromatic heterocycles. The predicted octanol–water partition coefficient (Wildman–Crippen LogP) is 2.07. The Morgan fingerprint density at radius 3 is 1.97 bits per heavy atom. The highest BCUT2D eigenvalue weighted by atomic mass is 16.5. The molecule has 0 unspecified atom stereocenters. The second-order valence-corrected chi connectivity index (χ2v) is 7.17. The SMILES string of the molecule is O.O=C1Nc2ccccc2[C@@]1(O)[C@]1(OCc2ccccc2)C(=O)Nc2ccccc21. The fourth-order valence-electron chi connectivity index (χ4n) is 4.20. The van der Waals surface area contributed by atoms with Crippen LogP contribution < -0.4 is 10.6 Å². The lowest BCUT2D eigenvalue weighted by Crippen LogP contribution is -2.58. The number of fused-ring (bicyclic) bond motifs is 2. The summed E-state index contributed by atoms with van der Waals surface area (Å²) < 4.78 is 6.21. The Kier molecular flexibility index (Phi) is 4.66. The number of hydrogen-bond donors (Lipinski definition) is 3. The third kappa shape index (κ3) is 2.50. The molecule has 0 aliphatic carbocycles. The highest BCUT2D eigenvalue weighted by Crippen LogP contribution is 2.54. The number of carbonyl (C=O) groups excluding carboxylic acids is 2. The normalized spacial score (nSPS) is 23.8. The molecule has 7 heteroatoms. The Bertz CT molecular complexity index is 1130. The van der Waals surface area contributed by atoms with Crippen LogP contribution in [0.15, 0.2) is 78.9 Å². The fraction of sp³-hybridized carbons (Fsp3) is 0.130. The minimum absolute atomic E-state index is 0. The van der Waals surface area contributed by atoms with Crippen molar-refractivity contribution < 1.29 is 24.9 Å². The van der Waals surface area contributed by atoms with Crippen molar-refractivity contribution in [2.75, 3.05) is 10.6 Å². The Morgan fingerprint density at radius 2 is 1.27 bits per heavy atom. The van der Waals surface area contributed by atoms with Crippen LogP contribution in [0.1, 0.15) is 16.7 Å². The molecule has 5 rings (SSSR count). The smallest absolute Gasteiger partial charge is 0.265 e. The summed E-state index contributed by atoms with van der Waals surface area (Å²) in [6.07, 6.45) is 0. The summed E-state index contributed by atoms with van der Waals surface area (Å²) in [6.45, 7) is 0.0420. The molecule has 2 amide bonds. The molecule has 0 spiro atoms. The van der Waals surface area contributed by atoms with Gasteiger partial charge in [-0.1, -0.05) is 66.7 Å². The summed E-state index contributed by atoms with van der Waals surface area (Å²) in [4.78, 5) is 26.4. The van der Waals surface area contributed by atoms with E-state index in [1.54, 1.807) is 48.5 Å². The van der Waals surface area contributed by atoms with Gasteiger partial charge in [0.15, 0.2) is 0 Å². The van der Waals surface area contributed by atoms with Gasteiger partial charge in [-0.25, -0.2) is 0 Å². The minimum Gasteiger partial charge on any atom is -0.412 e. The van der Waals surface area contributed by atoms with Gasteiger partial charge in [0.1, 0.15) is 0 Å². The van der Waals surface area contributed by atoms with E-state index in [-0.39, 0.29) is 12.1 Å². The maximum atomic E-state index is 13.3. The van der Waals surface area contributed by atoms with Crippen molar-refractivity contribution in [2.45, 2.75) is 17.8 Å².